The van der Waals surface area contributed by atoms with Crippen molar-refractivity contribution in [1.29, 1.82) is 0 Å². The van der Waals surface area contributed by atoms with Gasteiger partial charge in [0, 0.05) is 24.3 Å². The molecule has 27 heavy (non-hydrogen) atoms. The van der Waals surface area contributed by atoms with Gasteiger partial charge in [-0.1, -0.05) is 12.1 Å². The van der Waals surface area contributed by atoms with Crippen LogP contribution in [0, 0.1) is 5.82 Å². The quantitative estimate of drug-likeness (QED) is 0.745. The van der Waals surface area contributed by atoms with Crippen molar-refractivity contribution in [2.24, 2.45) is 0 Å². The Bertz CT molecular complexity index is 882. The van der Waals surface area contributed by atoms with Crippen molar-refractivity contribution in [2.75, 3.05) is 18.0 Å². The molecule has 3 rings (SSSR count). The van der Waals surface area contributed by atoms with E-state index in [2.05, 4.69) is 0 Å². The number of rotatable bonds is 2. The fraction of sp³-hybridized carbons (Fsp3) is 0.263. The normalized spacial score (nSPS) is 18.0. The lowest BCUT2D eigenvalue weighted by Gasteiger charge is -2.39. The van der Waals surface area contributed by atoms with E-state index >= 15 is 0 Å². The van der Waals surface area contributed by atoms with E-state index in [0.717, 1.165) is 18.2 Å². The number of hydrogen-bond acceptors (Lipinski definition) is 2. The van der Waals surface area contributed by atoms with Gasteiger partial charge in [-0.3, -0.25) is 9.59 Å². The Hall–Kier alpha value is -2.90. The smallest absolute Gasteiger partial charge is 0.325 e. The molecule has 2 aromatic rings. The third-order valence-corrected chi connectivity index (χ3v) is 4.47. The molecule has 1 unspecified atom stereocenters. The molecule has 0 bridgehead atoms. The highest BCUT2D eigenvalue weighted by molar-refractivity contribution is 6.03. The molecule has 4 nitrogen and oxygen atoms in total. The minimum atomic E-state index is -4.51. The van der Waals surface area contributed by atoms with Crippen molar-refractivity contribution in [1.82, 2.24) is 4.90 Å². The molecule has 8 heteroatoms. The highest BCUT2D eigenvalue weighted by Gasteiger charge is 2.37. The van der Waals surface area contributed by atoms with Crippen molar-refractivity contribution in [3.05, 3.63) is 65.5 Å². The van der Waals surface area contributed by atoms with E-state index in [1.807, 2.05) is 0 Å². The second-order valence-electron chi connectivity index (χ2n) is 6.22. The largest absolute Gasteiger partial charge is 0.416 e. The average Bonchev–Trinajstić information content (AvgIpc) is 2.63. The lowest BCUT2D eigenvalue weighted by Crippen LogP contribution is -2.57. The number of piperazine rings is 1. The van der Waals surface area contributed by atoms with Gasteiger partial charge in [0.15, 0.2) is 0 Å². The number of alkyl halides is 3. The zero-order chi connectivity index (χ0) is 19.8. The summed E-state index contributed by atoms with van der Waals surface area (Å²) in [5, 5.41) is 0. The molecule has 1 fully saturated rings. The van der Waals surface area contributed by atoms with Crippen LogP contribution in [-0.2, 0) is 11.0 Å². The standard InChI is InChI=1S/C19H16F4N2O2/c1-12-17(26)25(16-7-3-5-14(11-16)19(21,22)23)9-8-24(12)18(27)13-4-2-6-15(20)10-13/h2-7,10-12H,8-9H2,1H3. The topological polar surface area (TPSA) is 40.6 Å². The van der Waals surface area contributed by atoms with Gasteiger partial charge in [-0.25, -0.2) is 4.39 Å². The van der Waals surface area contributed by atoms with Crippen molar-refractivity contribution >= 4 is 17.5 Å². The molecule has 0 aliphatic carbocycles. The van der Waals surface area contributed by atoms with Crippen LogP contribution in [0.1, 0.15) is 22.8 Å². The number of nitrogens with zero attached hydrogens (tertiary/aromatic N) is 2. The summed E-state index contributed by atoms with van der Waals surface area (Å²) in [4.78, 5) is 27.8. The molecule has 0 N–H and O–H groups in total. The maximum atomic E-state index is 13.3. The van der Waals surface area contributed by atoms with Gasteiger partial charge in [-0.05, 0) is 43.3 Å². The highest BCUT2D eigenvalue weighted by atomic mass is 19.4. The van der Waals surface area contributed by atoms with Crippen LogP contribution < -0.4 is 4.90 Å². The Balaban J connectivity index is 1.82. The number of hydrogen-bond donors (Lipinski definition) is 0. The van der Waals surface area contributed by atoms with Gasteiger partial charge >= 0.3 is 6.18 Å². The molecular weight excluding hydrogens is 364 g/mol. The average molecular weight is 380 g/mol. The van der Waals surface area contributed by atoms with Crippen molar-refractivity contribution < 1.29 is 27.2 Å². The second-order valence-corrected chi connectivity index (χ2v) is 6.22. The van der Waals surface area contributed by atoms with Crippen LogP contribution in [0.4, 0.5) is 23.2 Å². The molecule has 0 spiro atoms. The number of anilines is 1. The Morgan fingerprint density at radius 3 is 2.44 bits per heavy atom. The first-order valence-corrected chi connectivity index (χ1v) is 8.23. The fourth-order valence-corrected chi connectivity index (χ4v) is 3.04. The minimum absolute atomic E-state index is 0.0472. The summed E-state index contributed by atoms with van der Waals surface area (Å²) in [7, 11) is 0. The number of benzene rings is 2. The van der Waals surface area contributed by atoms with E-state index < -0.39 is 35.4 Å². The first-order valence-electron chi connectivity index (χ1n) is 8.23. The predicted molar refractivity (Wildman–Crippen MR) is 90.7 cm³/mol. The second kappa shape index (κ2) is 7.02. The summed E-state index contributed by atoms with van der Waals surface area (Å²) in [5.74, 6) is -1.56. The Kier molecular flexibility index (Phi) is 4.91. The summed E-state index contributed by atoms with van der Waals surface area (Å²) >= 11 is 0. The zero-order valence-electron chi connectivity index (χ0n) is 14.3. The molecule has 2 amide bonds. The fourth-order valence-electron chi connectivity index (χ4n) is 3.04. The van der Waals surface area contributed by atoms with Crippen LogP contribution in [0.25, 0.3) is 0 Å². The van der Waals surface area contributed by atoms with E-state index in [9.17, 15) is 27.2 Å². The van der Waals surface area contributed by atoms with Gasteiger partial charge < -0.3 is 9.80 Å². The van der Waals surface area contributed by atoms with Crippen molar-refractivity contribution in [3.8, 4) is 0 Å². The van der Waals surface area contributed by atoms with Crippen LogP contribution in [0.15, 0.2) is 48.5 Å². The molecule has 1 saturated heterocycles. The van der Waals surface area contributed by atoms with Gasteiger partial charge in [-0.15, -0.1) is 0 Å². The molecule has 1 aliphatic rings. The SMILES string of the molecule is CC1C(=O)N(c2cccc(C(F)(F)F)c2)CCN1C(=O)c1cccc(F)c1. The van der Waals surface area contributed by atoms with Crippen LogP contribution in [-0.4, -0.2) is 35.8 Å². The van der Waals surface area contributed by atoms with Crippen molar-refractivity contribution in [2.45, 2.75) is 19.1 Å². The van der Waals surface area contributed by atoms with Crippen LogP contribution in [0.3, 0.4) is 0 Å². The lowest BCUT2D eigenvalue weighted by molar-refractivity contribution is -0.137. The van der Waals surface area contributed by atoms with Gasteiger partial charge in [0.25, 0.3) is 5.91 Å². The lowest BCUT2D eigenvalue weighted by atomic mass is 10.1. The maximum absolute atomic E-state index is 13.3. The zero-order valence-corrected chi connectivity index (χ0v) is 14.3. The first kappa shape index (κ1) is 18.9. The predicted octanol–water partition coefficient (Wildman–Crippen LogP) is 3.72. The summed E-state index contributed by atoms with van der Waals surface area (Å²) in [6.07, 6.45) is -4.51. The van der Waals surface area contributed by atoms with E-state index in [1.165, 1.54) is 47.1 Å². The number of carbonyl (C=O) groups excluding carboxylic acids is 2. The molecule has 1 aliphatic heterocycles. The molecule has 0 radical (unpaired) electrons. The maximum Gasteiger partial charge on any atom is 0.416 e. The summed E-state index contributed by atoms with van der Waals surface area (Å²) in [5.41, 5.74) is -0.611. The molecule has 1 heterocycles. The molecule has 0 aromatic heterocycles. The summed E-state index contributed by atoms with van der Waals surface area (Å²) < 4.78 is 52.1. The monoisotopic (exact) mass is 380 g/mol. The van der Waals surface area contributed by atoms with E-state index in [-0.39, 0.29) is 24.3 Å². The van der Waals surface area contributed by atoms with Gasteiger partial charge in [0.2, 0.25) is 5.91 Å². The van der Waals surface area contributed by atoms with Crippen LogP contribution >= 0.6 is 0 Å². The number of carbonyl (C=O) groups is 2. The number of halogens is 4. The van der Waals surface area contributed by atoms with Gasteiger partial charge in [0.05, 0.1) is 5.56 Å². The van der Waals surface area contributed by atoms with Gasteiger partial charge in [0.1, 0.15) is 11.9 Å². The molecule has 0 saturated carbocycles. The molecule has 2 aromatic carbocycles. The molecule has 142 valence electrons. The molecule has 1 atom stereocenters. The Morgan fingerprint density at radius 1 is 1.07 bits per heavy atom. The third-order valence-electron chi connectivity index (χ3n) is 4.47. The first-order chi connectivity index (χ1) is 12.7. The van der Waals surface area contributed by atoms with Gasteiger partial charge in [-0.2, -0.15) is 13.2 Å². The Labute approximate surface area is 153 Å². The van der Waals surface area contributed by atoms with Crippen molar-refractivity contribution in [3.63, 3.8) is 0 Å². The van der Waals surface area contributed by atoms with Crippen LogP contribution in [0.2, 0.25) is 0 Å². The summed E-state index contributed by atoms with van der Waals surface area (Å²) in [6, 6.07) is 8.75. The minimum Gasteiger partial charge on any atom is -0.325 e. The van der Waals surface area contributed by atoms with E-state index in [4.69, 9.17) is 0 Å². The number of amides is 2. The highest BCUT2D eigenvalue weighted by Crippen LogP contribution is 2.32. The summed E-state index contributed by atoms with van der Waals surface area (Å²) in [6.45, 7) is 1.67. The molecular formula is C19H16F4N2O2. The third kappa shape index (κ3) is 3.79. The van der Waals surface area contributed by atoms with E-state index in [1.54, 1.807) is 0 Å². The van der Waals surface area contributed by atoms with Crippen LogP contribution in [0.5, 0.6) is 0 Å². The Morgan fingerprint density at radius 2 is 1.78 bits per heavy atom. The van der Waals surface area contributed by atoms with E-state index in [0.29, 0.717) is 0 Å².